The number of aromatic nitrogens is 4. The Hall–Kier alpha value is -5.16. The molecular weight excluding hydrogens is 576 g/mol. The highest BCUT2D eigenvalue weighted by molar-refractivity contribution is 6.09. The van der Waals surface area contributed by atoms with Crippen LogP contribution in [0.5, 0.6) is 11.5 Å². The van der Waals surface area contributed by atoms with Crippen molar-refractivity contribution in [2.45, 2.75) is 60.8 Å². The summed E-state index contributed by atoms with van der Waals surface area (Å²) in [6.45, 7) is 13.1. The van der Waals surface area contributed by atoms with Gasteiger partial charge in [0.15, 0.2) is 0 Å². The fraction of sp³-hybridized carbons (Fsp3) is 0.238. The van der Waals surface area contributed by atoms with E-state index in [0.717, 1.165) is 64.7 Å². The predicted molar refractivity (Wildman–Crippen MR) is 194 cm³/mol. The number of pyridine rings is 1. The molecule has 0 unspecified atom stereocenters. The zero-order chi connectivity index (χ0) is 32.7. The Morgan fingerprint density at radius 2 is 1.57 bits per heavy atom. The second kappa shape index (κ2) is 12.6. The first-order valence-electron chi connectivity index (χ1n) is 16.7. The molecule has 47 heavy (non-hydrogen) atoms. The summed E-state index contributed by atoms with van der Waals surface area (Å²) >= 11 is 0. The number of hydrogen-bond acceptors (Lipinski definition) is 3. The number of rotatable bonds is 9. The Balaban J connectivity index is 1.33. The lowest BCUT2D eigenvalue weighted by molar-refractivity contribution is 0.482. The lowest BCUT2D eigenvalue weighted by Crippen LogP contribution is -2.01. The van der Waals surface area contributed by atoms with Gasteiger partial charge in [-0.25, -0.2) is 9.67 Å². The van der Waals surface area contributed by atoms with Gasteiger partial charge < -0.3 is 4.74 Å². The van der Waals surface area contributed by atoms with E-state index in [0.29, 0.717) is 5.92 Å². The molecule has 0 N–H and O–H groups in total. The summed E-state index contributed by atoms with van der Waals surface area (Å²) < 4.78 is 11.0. The molecule has 0 aliphatic heterocycles. The highest BCUT2D eigenvalue weighted by atomic mass is 16.5. The minimum atomic E-state index is 0.590. The summed E-state index contributed by atoms with van der Waals surface area (Å²) in [5.41, 5.74) is 11.5. The normalized spacial score (nSPS) is 11.6. The molecule has 7 aromatic rings. The van der Waals surface area contributed by atoms with E-state index in [1.165, 1.54) is 38.6 Å². The van der Waals surface area contributed by atoms with Crippen LogP contribution >= 0.6 is 0 Å². The standard InChI is InChI=1S/C42H42N4O/c1-7-11-31-22-34(46-30(6)42(29(5)44-46)33-12-9-8-10-13-33)25-36(23-31)47-35-15-16-37-38-24-32(20-27(2)3)14-17-39(38)45(40(37)26-35)41-21-28(4)18-19-43-41/h8-10,12-19,21-27H,7,11,20H2,1-6H3. The first-order chi connectivity index (χ1) is 22.8. The number of fused-ring (bicyclic) bond motifs is 3. The fourth-order valence-electron chi connectivity index (χ4n) is 6.91. The first-order valence-corrected chi connectivity index (χ1v) is 16.7. The lowest BCUT2D eigenvalue weighted by Gasteiger charge is -2.13. The minimum absolute atomic E-state index is 0.590. The molecule has 0 fully saturated rings. The number of aryl methyl sites for hydroxylation is 3. The van der Waals surface area contributed by atoms with E-state index in [2.05, 4.69) is 142 Å². The highest BCUT2D eigenvalue weighted by Crippen LogP contribution is 2.37. The van der Waals surface area contributed by atoms with E-state index in [9.17, 15) is 0 Å². The van der Waals surface area contributed by atoms with Gasteiger partial charge in [0.1, 0.15) is 17.3 Å². The average Bonchev–Trinajstić information content (AvgIpc) is 3.53. The van der Waals surface area contributed by atoms with Crippen molar-refractivity contribution in [2.75, 3.05) is 0 Å². The highest BCUT2D eigenvalue weighted by Gasteiger charge is 2.18. The van der Waals surface area contributed by atoms with Crippen LogP contribution in [0.1, 0.15) is 55.3 Å². The van der Waals surface area contributed by atoms with Crippen LogP contribution in [-0.4, -0.2) is 19.3 Å². The third kappa shape index (κ3) is 5.94. The van der Waals surface area contributed by atoms with Crippen molar-refractivity contribution >= 4 is 21.8 Å². The largest absolute Gasteiger partial charge is 0.457 e. The van der Waals surface area contributed by atoms with Crippen molar-refractivity contribution in [1.29, 1.82) is 0 Å². The van der Waals surface area contributed by atoms with Crippen molar-refractivity contribution in [3.63, 3.8) is 0 Å². The van der Waals surface area contributed by atoms with Crippen LogP contribution in [0.3, 0.4) is 0 Å². The molecule has 5 nitrogen and oxygen atoms in total. The Bertz CT molecular complexity index is 2220. The minimum Gasteiger partial charge on any atom is -0.457 e. The van der Waals surface area contributed by atoms with Gasteiger partial charge in [0.05, 0.1) is 22.4 Å². The smallest absolute Gasteiger partial charge is 0.137 e. The second-order valence-electron chi connectivity index (χ2n) is 13.2. The maximum Gasteiger partial charge on any atom is 0.137 e. The average molecular weight is 619 g/mol. The molecule has 0 spiro atoms. The molecule has 0 amide bonds. The van der Waals surface area contributed by atoms with Crippen LogP contribution in [0, 0.1) is 26.7 Å². The molecule has 0 radical (unpaired) electrons. The van der Waals surface area contributed by atoms with Gasteiger partial charge in [-0.2, -0.15) is 5.10 Å². The summed E-state index contributed by atoms with van der Waals surface area (Å²) in [6.07, 6.45) is 4.94. The van der Waals surface area contributed by atoms with Crippen molar-refractivity contribution in [3.05, 3.63) is 131 Å². The summed E-state index contributed by atoms with van der Waals surface area (Å²) in [4.78, 5) is 4.80. The van der Waals surface area contributed by atoms with Gasteiger partial charge in [0.25, 0.3) is 0 Å². The maximum absolute atomic E-state index is 6.71. The molecule has 0 atom stereocenters. The van der Waals surface area contributed by atoms with Crippen LogP contribution in [0.25, 0.3) is 44.4 Å². The van der Waals surface area contributed by atoms with Crippen LogP contribution in [0.2, 0.25) is 0 Å². The molecule has 4 aromatic carbocycles. The lowest BCUT2D eigenvalue weighted by atomic mass is 10.0. The first kappa shape index (κ1) is 30.5. The third-order valence-corrected chi connectivity index (χ3v) is 8.90. The van der Waals surface area contributed by atoms with Gasteiger partial charge in [-0.05, 0) is 110 Å². The van der Waals surface area contributed by atoms with Crippen LogP contribution in [-0.2, 0) is 12.8 Å². The monoisotopic (exact) mass is 618 g/mol. The molecule has 3 aromatic heterocycles. The molecule has 236 valence electrons. The maximum atomic E-state index is 6.71. The Labute approximate surface area is 277 Å². The van der Waals surface area contributed by atoms with Gasteiger partial charge in [-0.1, -0.05) is 63.6 Å². The van der Waals surface area contributed by atoms with Crippen LogP contribution in [0.4, 0.5) is 0 Å². The molecule has 0 saturated heterocycles. The zero-order valence-corrected chi connectivity index (χ0v) is 28.2. The quantitative estimate of drug-likeness (QED) is 0.162. The Morgan fingerprint density at radius 1 is 0.745 bits per heavy atom. The molecule has 0 saturated carbocycles. The second-order valence-corrected chi connectivity index (χ2v) is 13.2. The van der Waals surface area contributed by atoms with Gasteiger partial charge in [-0.3, -0.25) is 4.57 Å². The van der Waals surface area contributed by atoms with E-state index in [4.69, 9.17) is 14.8 Å². The summed E-state index contributed by atoms with van der Waals surface area (Å²) in [5.74, 6) is 3.08. The molecule has 0 aliphatic carbocycles. The van der Waals surface area contributed by atoms with Crippen molar-refractivity contribution < 1.29 is 4.74 Å². The SMILES string of the molecule is CCCc1cc(Oc2ccc3c4cc(CC(C)C)ccc4n(-c4cc(C)ccn4)c3c2)cc(-n2nc(C)c(-c3ccccc3)c2C)c1. The van der Waals surface area contributed by atoms with Gasteiger partial charge in [0, 0.05) is 40.4 Å². The number of ether oxygens (including phenoxy) is 1. The molecule has 3 heterocycles. The van der Waals surface area contributed by atoms with Gasteiger partial charge in [0.2, 0.25) is 0 Å². The molecule has 0 bridgehead atoms. The van der Waals surface area contributed by atoms with Crippen LogP contribution in [0.15, 0.2) is 103 Å². The van der Waals surface area contributed by atoms with Crippen molar-refractivity contribution in [2.24, 2.45) is 5.92 Å². The Morgan fingerprint density at radius 3 is 2.34 bits per heavy atom. The third-order valence-electron chi connectivity index (χ3n) is 8.90. The predicted octanol–water partition coefficient (Wildman–Crippen LogP) is 10.9. The molecular formula is C42H42N4O. The van der Waals surface area contributed by atoms with E-state index in [-0.39, 0.29) is 0 Å². The summed E-state index contributed by atoms with van der Waals surface area (Å²) in [7, 11) is 0. The molecule has 7 rings (SSSR count). The molecule has 5 heteroatoms. The van der Waals surface area contributed by atoms with E-state index < -0.39 is 0 Å². The van der Waals surface area contributed by atoms with Gasteiger partial charge >= 0.3 is 0 Å². The number of benzene rings is 4. The van der Waals surface area contributed by atoms with E-state index in [1.807, 2.05) is 12.3 Å². The number of nitrogens with zero attached hydrogens (tertiary/aromatic N) is 4. The van der Waals surface area contributed by atoms with E-state index >= 15 is 0 Å². The van der Waals surface area contributed by atoms with E-state index in [1.54, 1.807) is 0 Å². The fourth-order valence-corrected chi connectivity index (χ4v) is 6.91. The summed E-state index contributed by atoms with van der Waals surface area (Å²) in [5, 5.41) is 7.43. The zero-order valence-electron chi connectivity index (χ0n) is 28.2. The number of hydrogen-bond donors (Lipinski definition) is 0. The topological polar surface area (TPSA) is 44.9 Å². The van der Waals surface area contributed by atoms with Crippen molar-refractivity contribution in [1.82, 2.24) is 19.3 Å². The molecule has 0 aliphatic rings. The van der Waals surface area contributed by atoms with Gasteiger partial charge in [-0.15, -0.1) is 0 Å². The summed E-state index contributed by atoms with van der Waals surface area (Å²) in [6, 6.07) is 34.5. The van der Waals surface area contributed by atoms with Crippen molar-refractivity contribution in [3.8, 4) is 34.1 Å². The van der Waals surface area contributed by atoms with Crippen LogP contribution < -0.4 is 4.74 Å². The Kier molecular flexibility index (Phi) is 8.15.